The van der Waals surface area contributed by atoms with Crippen LogP contribution in [-0.2, 0) is 6.18 Å². The predicted molar refractivity (Wildman–Crippen MR) is 115 cm³/mol. The topological polar surface area (TPSA) is 79.4 Å². The molecule has 5 aromatic rings. The van der Waals surface area contributed by atoms with Crippen LogP contribution in [0.4, 0.5) is 24.5 Å². The van der Waals surface area contributed by atoms with E-state index in [0.29, 0.717) is 5.82 Å². The lowest BCUT2D eigenvalue weighted by atomic mass is 10.1. The third-order valence-corrected chi connectivity index (χ3v) is 4.84. The van der Waals surface area contributed by atoms with E-state index >= 15 is 0 Å². The van der Waals surface area contributed by atoms with Crippen molar-refractivity contribution in [3.05, 3.63) is 84.7 Å². The largest absolute Gasteiger partial charge is 0.417 e. The summed E-state index contributed by atoms with van der Waals surface area (Å²) in [6, 6.07) is 19.9. The van der Waals surface area contributed by atoms with Gasteiger partial charge in [-0.1, -0.05) is 24.3 Å². The van der Waals surface area contributed by atoms with Gasteiger partial charge in [0.15, 0.2) is 5.65 Å². The molecule has 0 fully saturated rings. The Kier molecular flexibility index (Phi) is 4.78. The van der Waals surface area contributed by atoms with E-state index in [1.54, 1.807) is 6.20 Å². The number of fused-ring (bicyclic) bond motifs is 1. The van der Waals surface area contributed by atoms with Crippen LogP contribution in [0, 0.1) is 0 Å². The van der Waals surface area contributed by atoms with Gasteiger partial charge in [0, 0.05) is 34.9 Å². The van der Waals surface area contributed by atoms with Crippen LogP contribution < -0.4 is 5.32 Å². The number of aromatic amines is 1. The van der Waals surface area contributed by atoms with Crippen LogP contribution in [0.2, 0.25) is 0 Å². The second kappa shape index (κ2) is 7.77. The van der Waals surface area contributed by atoms with Crippen LogP contribution in [0.25, 0.3) is 33.8 Å². The molecule has 0 bridgehead atoms. The Morgan fingerprint density at radius 1 is 0.844 bits per heavy atom. The van der Waals surface area contributed by atoms with Gasteiger partial charge in [-0.15, -0.1) is 0 Å². The Morgan fingerprint density at radius 2 is 1.69 bits per heavy atom. The quantitative estimate of drug-likeness (QED) is 0.373. The maximum atomic E-state index is 12.9. The number of rotatable bonds is 4. The summed E-state index contributed by atoms with van der Waals surface area (Å²) in [4.78, 5) is 11.1. The van der Waals surface area contributed by atoms with E-state index < -0.39 is 11.7 Å². The summed E-state index contributed by atoms with van der Waals surface area (Å²) >= 11 is 0. The maximum absolute atomic E-state index is 12.9. The first kappa shape index (κ1) is 19.7. The SMILES string of the molecule is FC(F)(F)c1cnc2nc(-c3cccc(Nc4ccc(-c5cccnn5)cc4)c3)[nH]c2c1. The van der Waals surface area contributed by atoms with Gasteiger partial charge < -0.3 is 10.3 Å². The molecule has 0 spiro atoms. The number of nitrogens with zero attached hydrogens (tertiary/aromatic N) is 4. The summed E-state index contributed by atoms with van der Waals surface area (Å²) in [5.74, 6) is 0.438. The Balaban J connectivity index is 1.39. The van der Waals surface area contributed by atoms with Crippen LogP contribution >= 0.6 is 0 Å². The first-order chi connectivity index (χ1) is 15.5. The van der Waals surface area contributed by atoms with E-state index in [0.717, 1.165) is 40.5 Å². The minimum atomic E-state index is -4.46. The lowest BCUT2D eigenvalue weighted by molar-refractivity contribution is -0.137. The molecule has 5 rings (SSSR count). The van der Waals surface area contributed by atoms with Gasteiger partial charge in [-0.05, 0) is 42.5 Å². The first-order valence-corrected chi connectivity index (χ1v) is 9.64. The molecule has 32 heavy (non-hydrogen) atoms. The lowest BCUT2D eigenvalue weighted by Gasteiger charge is -2.08. The van der Waals surface area contributed by atoms with E-state index in [2.05, 4.69) is 30.5 Å². The van der Waals surface area contributed by atoms with Gasteiger partial charge in [-0.2, -0.15) is 23.4 Å². The van der Waals surface area contributed by atoms with Crippen molar-refractivity contribution < 1.29 is 13.2 Å². The fourth-order valence-corrected chi connectivity index (χ4v) is 3.28. The van der Waals surface area contributed by atoms with Crippen molar-refractivity contribution in [2.24, 2.45) is 0 Å². The number of hydrogen-bond acceptors (Lipinski definition) is 5. The van der Waals surface area contributed by atoms with Crippen molar-refractivity contribution in [2.75, 3.05) is 5.32 Å². The zero-order valence-electron chi connectivity index (χ0n) is 16.4. The zero-order valence-corrected chi connectivity index (χ0v) is 16.4. The molecule has 0 amide bonds. The first-order valence-electron chi connectivity index (χ1n) is 9.64. The highest BCUT2D eigenvalue weighted by Gasteiger charge is 2.31. The molecular weight excluding hydrogens is 417 g/mol. The fourth-order valence-electron chi connectivity index (χ4n) is 3.28. The molecule has 0 aliphatic rings. The second-order valence-electron chi connectivity index (χ2n) is 7.07. The molecule has 3 aromatic heterocycles. The van der Waals surface area contributed by atoms with Gasteiger partial charge in [0.25, 0.3) is 0 Å². The number of halogens is 3. The standard InChI is InChI=1S/C23H15F3N6/c24-23(25,26)16-12-20-22(27-13-16)31-21(30-20)15-3-1-4-18(11-15)29-17-8-6-14(7-9-17)19-5-2-10-28-32-19/h1-13,29H,(H,27,30,31). The molecule has 6 nitrogen and oxygen atoms in total. The zero-order chi connectivity index (χ0) is 22.1. The smallest absolute Gasteiger partial charge is 0.356 e. The summed E-state index contributed by atoms with van der Waals surface area (Å²) in [7, 11) is 0. The lowest BCUT2D eigenvalue weighted by Crippen LogP contribution is -2.05. The van der Waals surface area contributed by atoms with Crippen LogP contribution in [0.3, 0.4) is 0 Å². The number of imidazole rings is 1. The maximum Gasteiger partial charge on any atom is 0.417 e. The molecule has 0 saturated heterocycles. The van der Waals surface area contributed by atoms with E-state index in [-0.39, 0.29) is 11.2 Å². The number of anilines is 2. The number of hydrogen-bond donors (Lipinski definition) is 2. The molecule has 2 N–H and O–H groups in total. The third-order valence-electron chi connectivity index (χ3n) is 4.84. The van der Waals surface area contributed by atoms with Crippen LogP contribution in [0.5, 0.6) is 0 Å². The van der Waals surface area contributed by atoms with Gasteiger partial charge >= 0.3 is 6.18 Å². The minimum Gasteiger partial charge on any atom is -0.356 e. The molecule has 0 aliphatic carbocycles. The van der Waals surface area contributed by atoms with Crippen molar-refractivity contribution in [3.63, 3.8) is 0 Å². The Hall–Kier alpha value is -4.27. The number of nitrogens with one attached hydrogen (secondary N) is 2. The summed E-state index contributed by atoms with van der Waals surface area (Å²) < 4.78 is 38.8. The van der Waals surface area contributed by atoms with Crippen molar-refractivity contribution >= 4 is 22.5 Å². The van der Waals surface area contributed by atoms with Gasteiger partial charge in [0.2, 0.25) is 0 Å². The normalized spacial score (nSPS) is 11.6. The molecule has 158 valence electrons. The van der Waals surface area contributed by atoms with Crippen molar-refractivity contribution in [3.8, 4) is 22.6 Å². The van der Waals surface area contributed by atoms with Gasteiger partial charge in [-0.25, -0.2) is 9.97 Å². The van der Waals surface area contributed by atoms with E-state index in [4.69, 9.17) is 0 Å². The van der Waals surface area contributed by atoms with Crippen molar-refractivity contribution in [2.45, 2.75) is 6.18 Å². The molecule has 0 saturated carbocycles. The van der Waals surface area contributed by atoms with Gasteiger partial charge in [0.1, 0.15) is 5.82 Å². The third kappa shape index (κ3) is 4.00. The van der Waals surface area contributed by atoms with Crippen LogP contribution in [-0.4, -0.2) is 25.1 Å². The second-order valence-corrected chi connectivity index (χ2v) is 7.07. The van der Waals surface area contributed by atoms with Crippen molar-refractivity contribution in [1.82, 2.24) is 25.1 Å². The highest BCUT2D eigenvalue weighted by atomic mass is 19.4. The number of benzene rings is 2. The summed E-state index contributed by atoms with van der Waals surface area (Å²) in [5.41, 5.74) is 3.77. The van der Waals surface area contributed by atoms with E-state index in [1.165, 1.54) is 0 Å². The molecule has 0 radical (unpaired) electrons. The molecule has 2 aromatic carbocycles. The average molecular weight is 432 g/mol. The molecule has 3 heterocycles. The fraction of sp³-hybridized carbons (Fsp3) is 0.0435. The van der Waals surface area contributed by atoms with E-state index in [1.807, 2.05) is 60.7 Å². The highest BCUT2D eigenvalue weighted by molar-refractivity contribution is 5.78. The average Bonchev–Trinajstić information content (AvgIpc) is 3.23. The minimum absolute atomic E-state index is 0.228. The number of pyridine rings is 1. The number of alkyl halides is 3. The highest BCUT2D eigenvalue weighted by Crippen LogP contribution is 2.31. The van der Waals surface area contributed by atoms with Crippen LogP contribution in [0.15, 0.2) is 79.1 Å². The Bertz CT molecular complexity index is 1380. The summed E-state index contributed by atoms with van der Waals surface area (Å²) in [6.45, 7) is 0. The predicted octanol–water partition coefficient (Wildman–Crippen LogP) is 5.84. The number of H-pyrrole nitrogens is 1. The molecule has 9 heteroatoms. The van der Waals surface area contributed by atoms with Gasteiger partial charge in [-0.3, -0.25) is 0 Å². The molecule has 0 unspecified atom stereocenters. The molecule has 0 aliphatic heterocycles. The number of aromatic nitrogens is 5. The summed E-state index contributed by atoms with van der Waals surface area (Å²) in [5, 5.41) is 11.3. The molecular formula is C23H15F3N6. The monoisotopic (exact) mass is 432 g/mol. The Labute approximate surface area is 180 Å². The van der Waals surface area contributed by atoms with E-state index in [9.17, 15) is 13.2 Å². The summed E-state index contributed by atoms with van der Waals surface area (Å²) in [6.07, 6.45) is -2.05. The molecule has 0 atom stereocenters. The van der Waals surface area contributed by atoms with Gasteiger partial charge in [0.05, 0.1) is 16.8 Å². The Morgan fingerprint density at radius 3 is 2.44 bits per heavy atom. The van der Waals surface area contributed by atoms with Crippen LogP contribution in [0.1, 0.15) is 5.56 Å². The van der Waals surface area contributed by atoms with Crippen molar-refractivity contribution in [1.29, 1.82) is 0 Å².